The fourth-order valence-corrected chi connectivity index (χ4v) is 4.13. The molecule has 0 radical (unpaired) electrons. The molecule has 1 N–H and O–H groups in total. The molecule has 2 heterocycles. The highest BCUT2D eigenvalue weighted by atomic mass is 16.5. The van der Waals surface area contributed by atoms with Crippen LogP contribution in [0.25, 0.3) is 0 Å². The van der Waals surface area contributed by atoms with Crippen LogP contribution in [0.5, 0.6) is 0 Å². The van der Waals surface area contributed by atoms with E-state index in [1.54, 1.807) is 6.92 Å². The predicted octanol–water partition coefficient (Wildman–Crippen LogP) is 0.792. The van der Waals surface area contributed by atoms with E-state index in [2.05, 4.69) is 17.1 Å². The molecule has 0 unspecified atom stereocenters. The van der Waals surface area contributed by atoms with Gasteiger partial charge in [-0.1, -0.05) is 6.92 Å². The van der Waals surface area contributed by atoms with Gasteiger partial charge >= 0.3 is 0 Å². The third-order valence-electron chi connectivity index (χ3n) is 5.83. The van der Waals surface area contributed by atoms with Gasteiger partial charge in [0.05, 0.1) is 6.04 Å². The van der Waals surface area contributed by atoms with Gasteiger partial charge < -0.3 is 24.8 Å². The molecule has 2 rings (SSSR count). The van der Waals surface area contributed by atoms with Crippen LogP contribution in [0.2, 0.25) is 0 Å². The van der Waals surface area contributed by atoms with Crippen LogP contribution in [-0.4, -0.2) is 97.6 Å². The van der Waals surface area contributed by atoms with Crippen LogP contribution in [0.1, 0.15) is 40.5 Å². The van der Waals surface area contributed by atoms with Gasteiger partial charge in [0.1, 0.15) is 0 Å². The fourth-order valence-electron chi connectivity index (χ4n) is 4.13. The van der Waals surface area contributed by atoms with Gasteiger partial charge in [0, 0.05) is 65.4 Å². The Morgan fingerprint density at radius 3 is 2.41 bits per heavy atom. The smallest absolute Gasteiger partial charge is 0.239 e. The average Bonchev–Trinajstić information content (AvgIpc) is 2.66. The largest absolute Gasteiger partial charge is 0.382 e. The number of piperidine rings is 1. The molecule has 0 bridgehead atoms. The van der Waals surface area contributed by atoms with Crippen LogP contribution in [0.4, 0.5) is 0 Å². The van der Waals surface area contributed by atoms with E-state index >= 15 is 0 Å². The maximum absolute atomic E-state index is 12.8. The van der Waals surface area contributed by atoms with Crippen molar-refractivity contribution in [3.05, 3.63) is 0 Å². The Morgan fingerprint density at radius 2 is 1.81 bits per heavy atom. The molecular formula is C20H38N4O3. The molecule has 0 spiro atoms. The summed E-state index contributed by atoms with van der Waals surface area (Å²) in [7, 11) is 0. The maximum atomic E-state index is 12.8. The SMILES string of the molecule is CCOCCCN1CC[C@H](N[C@@H](C)C(=O)N2CCN(C(C)=O)CC2)[C@H](C)C1. The van der Waals surface area contributed by atoms with Crippen molar-refractivity contribution in [1.82, 2.24) is 20.0 Å². The van der Waals surface area contributed by atoms with E-state index in [-0.39, 0.29) is 17.9 Å². The molecular weight excluding hydrogens is 344 g/mol. The zero-order chi connectivity index (χ0) is 19.8. The van der Waals surface area contributed by atoms with Gasteiger partial charge in [-0.2, -0.15) is 0 Å². The van der Waals surface area contributed by atoms with Crippen LogP contribution >= 0.6 is 0 Å². The molecule has 2 saturated heterocycles. The summed E-state index contributed by atoms with van der Waals surface area (Å²) in [4.78, 5) is 30.4. The van der Waals surface area contributed by atoms with E-state index < -0.39 is 0 Å². The summed E-state index contributed by atoms with van der Waals surface area (Å²) in [5.41, 5.74) is 0. The number of nitrogens with zero attached hydrogens (tertiary/aromatic N) is 3. The lowest BCUT2D eigenvalue weighted by Crippen LogP contribution is -2.57. The topological polar surface area (TPSA) is 65.1 Å². The molecule has 0 aliphatic carbocycles. The molecule has 7 nitrogen and oxygen atoms in total. The summed E-state index contributed by atoms with van der Waals surface area (Å²) in [6, 6.07) is 0.205. The highest BCUT2D eigenvalue weighted by Gasteiger charge is 2.31. The molecule has 2 fully saturated rings. The Hall–Kier alpha value is -1.18. The number of carbonyl (C=O) groups excluding carboxylic acids is 2. The minimum Gasteiger partial charge on any atom is -0.382 e. The van der Waals surface area contributed by atoms with Crippen LogP contribution in [0.15, 0.2) is 0 Å². The fraction of sp³-hybridized carbons (Fsp3) is 0.900. The maximum Gasteiger partial charge on any atom is 0.239 e. The van der Waals surface area contributed by atoms with Crippen molar-refractivity contribution < 1.29 is 14.3 Å². The van der Waals surface area contributed by atoms with E-state index in [0.717, 1.165) is 45.7 Å². The molecule has 0 aromatic carbocycles. The quantitative estimate of drug-likeness (QED) is 0.629. The Morgan fingerprint density at radius 1 is 1.15 bits per heavy atom. The van der Waals surface area contributed by atoms with Crippen molar-refractivity contribution >= 4 is 11.8 Å². The highest BCUT2D eigenvalue weighted by Crippen LogP contribution is 2.18. The van der Waals surface area contributed by atoms with E-state index in [1.165, 1.54) is 0 Å². The molecule has 0 aromatic rings. The van der Waals surface area contributed by atoms with Gasteiger partial charge in [0.2, 0.25) is 11.8 Å². The lowest BCUT2D eigenvalue weighted by atomic mass is 9.93. The third-order valence-corrected chi connectivity index (χ3v) is 5.83. The highest BCUT2D eigenvalue weighted by molar-refractivity contribution is 5.82. The number of hydrogen-bond acceptors (Lipinski definition) is 5. The lowest BCUT2D eigenvalue weighted by molar-refractivity contribution is -0.139. The second-order valence-corrected chi connectivity index (χ2v) is 7.94. The minimum atomic E-state index is -0.175. The number of amides is 2. The molecule has 0 aromatic heterocycles. The third kappa shape index (κ3) is 6.73. The Labute approximate surface area is 164 Å². The number of hydrogen-bond donors (Lipinski definition) is 1. The zero-order valence-electron chi connectivity index (χ0n) is 17.6. The number of piperazine rings is 1. The molecule has 27 heavy (non-hydrogen) atoms. The predicted molar refractivity (Wildman–Crippen MR) is 107 cm³/mol. The summed E-state index contributed by atoms with van der Waals surface area (Å²) < 4.78 is 5.43. The van der Waals surface area contributed by atoms with Crippen molar-refractivity contribution in [3.8, 4) is 0 Å². The zero-order valence-corrected chi connectivity index (χ0v) is 17.6. The monoisotopic (exact) mass is 382 g/mol. The molecule has 7 heteroatoms. The van der Waals surface area contributed by atoms with Crippen molar-refractivity contribution in [2.45, 2.75) is 52.6 Å². The number of ether oxygens (including phenoxy) is 1. The number of carbonyl (C=O) groups is 2. The van der Waals surface area contributed by atoms with E-state index in [4.69, 9.17) is 4.74 Å². The van der Waals surface area contributed by atoms with Crippen LogP contribution in [0, 0.1) is 5.92 Å². The van der Waals surface area contributed by atoms with Crippen LogP contribution in [-0.2, 0) is 14.3 Å². The van der Waals surface area contributed by atoms with Crippen molar-refractivity contribution in [3.63, 3.8) is 0 Å². The number of nitrogens with one attached hydrogen (secondary N) is 1. The van der Waals surface area contributed by atoms with Gasteiger partial charge in [-0.05, 0) is 39.2 Å². The Bertz CT molecular complexity index is 480. The summed E-state index contributed by atoms with van der Waals surface area (Å²) in [5.74, 6) is 0.773. The van der Waals surface area contributed by atoms with Gasteiger partial charge in [0.25, 0.3) is 0 Å². The lowest BCUT2D eigenvalue weighted by Gasteiger charge is -2.40. The first-order valence-electron chi connectivity index (χ1n) is 10.5. The number of likely N-dealkylation sites (tertiary alicyclic amines) is 1. The van der Waals surface area contributed by atoms with E-state index in [1.807, 2.05) is 23.6 Å². The molecule has 2 amide bonds. The summed E-state index contributed by atoms with van der Waals surface area (Å²) in [6.45, 7) is 15.3. The van der Waals surface area contributed by atoms with Crippen LogP contribution < -0.4 is 5.32 Å². The average molecular weight is 383 g/mol. The van der Waals surface area contributed by atoms with Gasteiger partial charge in [0.15, 0.2) is 0 Å². The van der Waals surface area contributed by atoms with E-state index in [0.29, 0.717) is 38.1 Å². The molecule has 3 atom stereocenters. The normalized spacial score (nSPS) is 25.5. The number of rotatable bonds is 8. The van der Waals surface area contributed by atoms with Crippen molar-refractivity contribution in [1.29, 1.82) is 0 Å². The summed E-state index contributed by atoms with van der Waals surface area (Å²) >= 11 is 0. The van der Waals surface area contributed by atoms with Crippen molar-refractivity contribution in [2.24, 2.45) is 5.92 Å². The van der Waals surface area contributed by atoms with Gasteiger partial charge in [-0.25, -0.2) is 0 Å². The van der Waals surface area contributed by atoms with Gasteiger partial charge in [-0.15, -0.1) is 0 Å². The first-order chi connectivity index (χ1) is 12.9. The minimum absolute atomic E-state index is 0.0927. The van der Waals surface area contributed by atoms with Gasteiger partial charge in [-0.3, -0.25) is 9.59 Å². The standard InChI is InChI=1S/C20H38N4O3/c1-5-27-14-6-8-22-9-7-19(16(2)15-22)21-17(3)20(26)24-12-10-23(11-13-24)18(4)25/h16-17,19,21H,5-15H2,1-4H3/t16-,17+,19+/m1/s1. The summed E-state index contributed by atoms with van der Waals surface area (Å²) in [6.07, 6.45) is 2.16. The molecule has 0 saturated carbocycles. The van der Waals surface area contributed by atoms with Crippen LogP contribution in [0.3, 0.4) is 0 Å². The van der Waals surface area contributed by atoms with Crippen molar-refractivity contribution in [2.75, 3.05) is 59.0 Å². The summed E-state index contributed by atoms with van der Waals surface area (Å²) in [5, 5.41) is 3.57. The Kier molecular flexibility index (Phi) is 8.99. The van der Waals surface area contributed by atoms with E-state index in [9.17, 15) is 9.59 Å². The first-order valence-corrected chi connectivity index (χ1v) is 10.5. The second kappa shape index (κ2) is 11.0. The molecule has 156 valence electrons. The second-order valence-electron chi connectivity index (χ2n) is 7.94. The molecule has 2 aliphatic heterocycles. The Balaban J connectivity index is 1.71. The molecule has 2 aliphatic rings. The first kappa shape index (κ1) is 22.1.